The number of anilines is 4. The number of carbonyl (C=O) groups is 9. The van der Waals surface area contributed by atoms with Gasteiger partial charge in [0.25, 0.3) is 11.8 Å². The van der Waals surface area contributed by atoms with Gasteiger partial charge in [-0.2, -0.15) is 0 Å². The maximum atomic E-state index is 15.2. The lowest BCUT2D eigenvalue weighted by Crippen LogP contribution is -2.61. The third-order valence-electron chi connectivity index (χ3n) is 20.0. The van der Waals surface area contributed by atoms with Gasteiger partial charge in [-0.05, 0) is 91.7 Å². The van der Waals surface area contributed by atoms with E-state index in [1.807, 2.05) is 29.2 Å². The van der Waals surface area contributed by atoms with E-state index >= 15 is 9.59 Å². The summed E-state index contributed by atoms with van der Waals surface area (Å²) in [6.07, 6.45) is -8.10. The van der Waals surface area contributed by atoms with Crippen LogP contribution in [0, 0.1) is 11.3 Å². The van der Waals surface area contributed by atoms with Crippen molar-refractivity contribution in [1.82, 2.24) is 20.4 Å². The van der Waals surface area contributed by atoms with Crippen LogP contribution in [0.15, 0.2) is 79.4 Å². The first-order valence-electron chi connectivity index (χ1n) is 37.3. The van der Waals surface area contributed by atoms with Gasteiger partial charge in [-0.1, -0.05) is 56.8 Å². The van der Waals surface area contributed by atoms with E-state index in [2.05, 4.69) is 27.8 Å². The number of unbranched alkanes of at least 4 members (excludes halogenated alkanes) is 2. The molecule has 35 heteroatoms. The van der Waals surface area contributed by atoms with Crippen LogP contribution in [-0.2, 0) is 81.4 Å². The number of carbonyl (C=O) groups excluding carboxylic acids is 8. The molecule has 0 radical (unpaired) electrons. The maximum absolute atomic E-state index is 15.2. The summed E-state index contributed by atoms with van der Waals surface area (Å²) >= 11 is 0. The van der Waals surface area contributed by atoms with E-state index in [9.17, 15) is 59.1 Å². The largest absolute Gasteiger partial charge is 0.493 e. The number of aliphatic carboxylic acids is 1. The molecule has 6 aliphatic rings. The third-order valence-corrected chi connectivity index (χ3v) is 20.0. The fraction of sp³-hybridized carbons (Fsp3) is 0.545. The number of carboxylic acids is 1. The Hall–Kier alpha value is -9.79. The van der Waals surface area contributed by atoms with E-state index in [1.54, 1.807) is 26.0 Å². The number of nitrogens with zero attached hydrogens (tertiary/aromatic N) is 4. The topological polar surface area (TPSA) is 453 Å². The van der Waals surface area contributed by atoms with Crippen molar-refractivity contribution in [2.45, 2.75) is 146 Å². The van der Waals surface area contributed by atoms with Gasteiger partial charge in [-0.15, -0.1) is 0 Å². The predicted molar refractivity (Wildman–Crippen MR) is 399 cm³/mol. The number of aliphatic hydroxyl groups excluding tert-OH is 4. The zero-order valence-electron chi connectivity index (χ0n) is 63.3. The Morgan fingerprint density at radius 3 is 1.94 bits per heavy atom. The summed E-state index contributed by atoms with van der Waals surface area (Å²) in [4.78, 5) is 130. The molecule has 11 N–H and O–H groups in total. The summed E-state index contributed by atoms with van der Waals surface area (Å²) in [7, 11) is 2.86. The second-order valence-corrected chi connectivity index (χ2v) is 28.3. The molecular weight excluding hydrogens is 1470 g/mol. The normalized spacial score (nSPS) is 21.1. The summed E-state index contributed by atoms with van der Waals surface area (Å²) in [5, 5.41) is 64.4. The fourth-order valence-electron chi connectivity index (χ4n) is 14.0. The maximum Gasteiger partial charge on any atom is 0.416 e. The molecular formula is C77H101N9O26. The average Bonchev–Trinajstić information content (AvgIpc) is 1.58. The monoisotopic (exact) mass is 1570 g/mol. The van der Waals surface area contributed by atoms with Crippen LogP contribution in [0.25, 0.3) is 0 Å². The van der Waals surface area contributed by atoms with Crippen molar-refractivity contribution in [2.75, 3.05) is 134 Å². The number of nitrogens with two attached hydrogens (primary N) is 1. The van der Waals surface area contributed by atoms with Crippen molar-refractivity contribution in [3.8, 4) is 23.0 Å². The number of amides is 8. The van der Waals surface area contributed by atoms with Gasteiger partial charge in [-0.25, -0.2) is 19.3 Å². The molecule has 610 valence electrons. The molecule has 112 heavy (non-hydrogen) atoms. The predicted octanol–water partition coefficient (Wildman–Crippen LogP) is 3.36. The second-order valence-electron chi connectivity index (χ2n) is 28.3. The smallest absolute Gasteiger partial charge is 0.416 e. The van der Waals surface area contributed by atoms with E-state index < -0.39 is 122 Å². The lowest BCUT2D eigenvalue weighted by molar-refractivity contribution is -0.294. The van der Waals surface area contributed by atoms with E-state index in [1.165, 1.54) is 67.4 Å². The summed E-state index contributed by atoms with van der Waals surface area (Å²) in [5.74, 6) is -5.26. The number of carboxylic acid groups (broad SMARTS) is 1. The highest BCUT2D eigenvalue weighted by molar-refractivity contribution is 6.07. The first kappa shape index (κ1) is 84.7. The Kier molecular flexibility index (Phi) is 29.9. The minimum atomic E-state index is -2.09. The van der Waals surface area contributed by atoms with Gasteiger partial charge in [0.2, 0.25) is 23.6 Å². The molecule has 1 aliphatic carbocycles. The molecule has 0 bridgehead atoms. The van der Waals surface area contributed by atoms with E-state index in [0.29, 0.717) is 81.5 Å². The van der Waals surface area contributed by atoms with Gasteiger partial charge in [0.15, 0.2) is 41.6 Å². The minimum absolute atomic E-state index is 0.0233. The van der Waals surface area contributed by atoms with Crippen LogP contribution in [0.1, 0.15) is 103 Å². The van der Waals surface area contributed by atoms with Gasteiger partial charge in [0.05, 0.1) is 128 Å². The molecule has 10 atom stereocenters. The first-order valence-corrected chi connectivity index (χ1v) is 37.3. The number of fused-ring (bicyclic) bond motifs is 5. The highest BCUT2D eigenvalue weighted by Gasteiger charge is 2.56. The fourth-order valence-corrected chi connectivity index (χ4v) is 14.0. The molecule has 3 fully saturated rings. The molecule has 4 aromatic carbocycles. The number of ether oxygens (including phenoxy) is 12. The Morgan fingerprint density at radius 2 is 1.32 bits per heavy atom. The van der Waals surface area contributed by atoms with Crippen molar-refractivity contribution in [3.63, 3.8) is 0 Å². The molecule has 0 unspecified atom stereocenters. The number of nitrogens with one attached hydrogen (secondary N) is 4. The summed E-state index contributed by atoms with van der Waals surface area (Å²) in [6, 6.07) is 13.3. The van der Waals surface area contributed by atoms with Crippen molar-refractivity contribution in [3.05, 3.63) is 107 Å². The number of hydrogen-bond acceptors (Lipinski definition) is 26. The number of methoxy groups -OCH3 is 2. The van der Waals surface area contributed by atoms with E-state index in [0.717, 1.165) is 35.3 Å². The van der Waals surface area contributed by atoms with Crippen LogP contribution in [0.4, 0.5) is 32.3 Å². The Balaban J connectivity index is 0.863. The SMILES string of the molecule is C=CCOC(=O)N1C[C@@H]2CC3(CC3)CN2C(=O)c2cc(OC)c(OCCCCCOc3cc4c(cc3OC)C(=O)N3Cc5ccccc5C[C@H]3[C@H](O)N4C(=O)OCc3ccc(NC(=O)[C@H](CO[C@@H]4O[C@H](C(=O)O)[C@@H](O)[C@H](O)[C@H]4O)NC(=O)[C@@H](NC(C)=O)C(C)C)cc3NC(=O)CCOCCOCCOCCOCCN)cc21. The van der Waals surface area contributed by atoms with Gasteiger partial charge in [0.1, 0.15) is 43.6 Å². The number of aliphatic hydroxyl groups is 4. The molecule has 35 nitrogen and oxygen atoms in total. The standard InChI is InChI=1S/C77H101N9O26/c1-7-21-109-75(99)84-40-50-38-77(18-19-77)43-85(50)71(95)51-34-58(101-5)60(36-55(51)84)107-22-11-8-12-23-108-61-37-56-52(35-59(61)102-6)70(94)83-39-47-14-10-9-13-46(47)32-57(83)72(96)86(56)76(100)111-41-48-15-16-49(33-53(48)81-62(88)17-24-103-26-28-105-30-31-106-29-27-104-25-20-78)80-68(92)54(82-69(93)63(44(2)3)79-45(4)87)42-110-74-66(91)64(89)65(90)67(112-74)73(97)98/h7,9-10,13-16,33-37,44,50,54,57,63-67,72,74,89-91,96H,1,8,11-12,17-32,38-43,78H2,2-6H3,(H,79,87)(H,80,92)(H,81,88)(H,82,93)(H,97,98)/t50-,54-,57-,63-,64-,65-,66+,67-,72-,74+/m0/s1. The lowest BCUT2D eigenvalue weighted by Gasteiger charge is -2.39. The Morgan fingerprint density at radius 1 is 0.696 bits per heavy atom. The van der Waals surface area contributed by atoms with Crippen LogP contribution in [0.2, 0.25) is 0 Å². The summed E-state index contributed by atoms with van der Waals surface area (Å²) in [6.45, 7) is 10.1. The van der Waals surface area contributed by atoms with Gasteiger partial charge in [-0.3, -0.25) is 33.7 Å². The van der Waals surface area contributed by atoms with Crippen LogP contribution >= 0.6 is 0 Å². The van der Waals surface area contributed by atoms with Gasteiger partial charge >= 0.3 is 18.2 Å². The molecule has 1 saturated carbocycles. The quantitative estimate of drug-likeness (QED) is 0.0226. The second kappa shape index (κ2) is 39.6. The van der Waals surface area contributed by atoms with Gasteiger partial charge < -0.3 is 119 Å². The number of hydrogen-bond donors (Lipinski definition) is 10. The van der Waals surface area contributed by atoms with Crippen LogP contribution in [-0.4, -0.2) is 263 Å². The van der Waals surface area contributed by atoms with Crippen molar-refractivity contribution < 1.29 is 126 Å². The van der Waals surface area contributed by atoms with Crippen LogP contribution in [0.5, 0.6) is 23.0 Å². The molecule has 1 spiro atoms. The summed E-state index contributed by atoms with van der Waals surface area (Å²) in [5.41, 5.74) is 7.67. The van der Waals surface area contributed by atoms with Crippen molar-refractivity contribution >= 4 is 76.3 Å². The zero-order valence-corrected chi connectivity index (χ0v) is 63.3. The van der Waals surface area contributed by atoms with Crippen molar-refractivity contribution in [1.29, 1.82) is 0 Å². The highest BCUT2D eigenvalue weighted by atomic mass is 16.7. The Bertz CT molecular complexity index is 4010. The molecule has 0 aromatic heterocycles. The first-order chi connectivity index (χ1) is 53.9. The highest BCUT2D eigenvalue weighted by Crippen LogP contribution is 2.56. The molecule has 10 rings (SSSR count). The average molecular weight is 1570 g/mol. The van der Waals surface area contributed by atoms with E-state index in [4.69, 9.17) is 62.6 Å². The third kappa shape index (κ3) is 21.1. The van der Waals surface area contributed by atoms with Gasteiger partial charge in [0, 0.05) is 62.2 Å². The lowest BCUT2D eigenvalue weighted by atomic mass is 9.93. The zero-order chi connectivity index (χ0) is 80.3. The van der Waals surface area contributed by atoms with Crippen LogP contribution < -0.4 is 55.7 Å². The number of rotatable bonds is 39. The number of benzene rings is 4. The molecule has 4 aromatic rings. The molecule has 8 amide bonds. The molecule has 5 heterocycles. The van der Waals surface area contributed by atoms with Crippen molar-refractivity contribution in [2.24, 2.45) is 17.1 Å². The molecule has 5 aliphatic heterocycles. The minimum Gasteiger partial charge on any atom is -0.493 e. The summed E-state index contributed by atoms with van der Waals surface area (Å²) < 4.78 is 68.8. The van der Waals surface area contributed by atoms with Crippen LogP contribution in [0.3, 0.4) is 0 Å². The molecule has 2 saturated heterocycles. The Labute approximate surface area is 647 Å². The van der Waals surface area contributed by atoms with E-state index in [-0.39, 0.29) is 129 Å².